The Bertz CT molecular complexity index is 400. The van der Waals surface area contributed by atoms with Gasteiger partial charge in [0, 0.05) is 17.2 Å². The maximum Gasteiger partial charge on any atom is 0.134 e. The molecule has 4 heteroatoms. The monoisotopic (exact) mass is 312 g/mol. The molecule has 0 unspecified atom stereocenters. The first-order valence-corrected chi connectivity index (χ1v) is 8.19. The van der Waals surface area contributed by atoms with Crippen LogP contribution in [-0.2, 0) is 0 Å². The van der Waals surface area contributed by atoms with Crippen molar-refractivity contribution in [1.82, 2.24) is 9.97 Å². The van der Waals surface area contributed by atoms with E-state index in [1.54, 1.807) is 0 Å². The molecular formula is C13H17BrN2S. The molecular weight excluding hydrogens is 296 g/mol. The number of rotatable bonds is 3. The van der Waals surface area contributed by atoms with Gasteiger partial charge in [-0.05, 0) is 41.6 Å². The second-order valence-corrected chi connectivity index (χ2v) is 7.17. The number of hydrogen-bond acceptors (Lipinski definition) is 3. The lowest BCUT2D eigenvalue weighted by Crippen LogP contribution is -2.08. The number of thioether (sulfide) groups is 1. The highest BCUT2D eigenvalue weighted by atomic mass is 79.9. The fourth-order valence-electron chi connectivity index (χ4n) is 2.35. The predicted molar refractivity (Wildman–Crippen MR) is 74.4 cm³/mol. The molecule has 0 bridgehead atoms. The molecule has 0 spiro atoms. The first kappa shape index (κ1) is 12.0. The van der Waals surface area contributed by atoms with E-state index < -0.39 is 0 Å². The normalized spacial score (nSPS) is 21.7. The average molecular weight is 313 g/mol. The molecule has 0 atom stereocenters. The van der Waals surface area contributed by atoms with Crippen molar-refractivity contribution in [3.05, 3.63) is 16.5 Å². The van der Waals surface area contributed by atoms with Gasteiger partial charge in [-0.2, -0.15) is 0 Å². The van der Waals surface area contributed by atoms with E-state index in [0.29, 0.717) is 5.92 Å². The lowest BCUT2D eigenvalue weighted by Gasteiger charge is -2.20. The van der Waals surface area contributed by atoms with Gasteiger partial charge in [0.15, 0.2) is 0 Å². The van der Waals surface area contributed by atoms with Gasteiger partial charge in [0.05, 0.1) is 0 Å². The van der Waals surface area contributed by atoms with Crippen molar-refractivity contribution < 1.29 is 0 Å². The van der Waals surface area contributed by atoms with Crippen LogP contribution in [-0.4, -0.2) is 15.2 Å². The van der Waals surface area contributed by atoms with Crippen molar-refractivity contribution >= 4 is 27.7 Å². The first-order chi connectivity index (χ1) is 8.31. The summed E-state index contributed by atoms with van der Waals surface area (Å²) >= 11 is 5.47. The summed E-state index contributed by atoms with van der Waals surface area (Å²) in [6, 6.07) is 2.07. The molecule has 3 rings (SSSR count). The van der Waals surface area contributed by atoms with E-state index in [-0.39, 0.29) is 0 Å². The van der Waals surface area contributed by atoms with Crippen molar-refractivity contribution in [2.24, 2.45) is 0 Å². The van der Waals surface area contributed by atoms with Crippen LogP contribution in [0.3, 0.4) is 0 Å². The van der Waals surface area contributed by atoms with Crippen LogP contribution in [0.15, 0.2) is 15.7 Å². The average Bonchev–Trinajstić information content (AvgIpc) is 3.13. The third-order valence-corrected chi connectivity index (χ3v) is 5.13. The fourth-order valence-corrected chi connectivity index (χ4v) is 4.14. The van der Waals surface area contributed by atoms with E-state index in [0.717, 1.165) is 15.7 Å². The van der Waals surface area contributed by atoms with Crippen molar-refractivity contribution in [2.45, 2.75) is 61.1 Å². The Labute approximate surface area is 115 Å². The van der Waals surface area contributed by atoms with Crippen LogP contribution < -0.4 is 0 Å². The summed E-state index contributed by atoms with van der Waals surface area (Å²) in [6.45, 7) is 0. The molecule has 0 aromatic carbocycles. The molecule has 1 heterocycles. The minimum atomic E-state index is 0.637. The Morgan fingerprint density at radius 3 is 2.53 bits per heavy atom. The lowest BCUT2D eigenvalue weighted by molar-refractivity contribution is 0.515. The third-order valence-electron chi connectivity index (χ3n) is 3.47. The Balaban J connectivity index is 1.72. The zero-order chi connectivity index (χ0) is 11.7. The molecule has 92 valence electrons. The second kappa shape index (κ2) is 5.27. The molecule has 0 aliphatic heterocycles. The number of aromatic nitrogens is 2. The van der Waals surface area contributed by atoms with Gasteiger partial charge in [-0.3, -0.25) is 0 Å². The molecule has 1 aromatic rings. The highest BCUT2D eigenvalue weighted by molar-refractivity contribution is 9.10. The summed E-state index contributed by atoms with van der Waals surface area (Å²) < 4.78 is 0.952. The van der Waals surface area contributed by atoms with Gasteiger partial charge in [0.25, 0.3) is 0 Å². The van der Waals surface area contributed by atoms with Crippen molar-refractivity contribution in [1.29, 1.82) is 0 Å². The molecule has 1 aromatic heterocycles. The summed E-state index contributed by atoms with van der Waals surface area (Å²) in [5.41, 5.74) is 0. The van der Waals surface area contributed by atoms with Gasteiger partial charge >= 0.3 is 0 Å². The predicted octanol–water partition coefficient (Wildman–Crippen LogP) is 4.54. The van der Waals surface area contributed by atoms with E-state index in [2.05, 4.69) is 27.0 Å². The Hall–Kier alpha value is -0.0900. The maximum atomic E-state index is 4.71. The van der Waals surface area contributed by atoms with Gasteiger partial charge in [0.2, 0.25) is 0 Å². The number of halogens is 1. The summed E-state index contributed by atoms with van der Waals surface area (Å²) in [5.74, 6) is 1.69. The molecule has 2 nitrogen and oxygen atoms in total. The molecule has 2 aliphatic rings. The van der Waals surface area contributed by atoms with Gasteiger partial charge in [-0.25, -0.2) is 9.97 Å². The minimum absolute atomic E-state index is 0.637. The van der Waals surface area contributed by atoms with Gasteiger partial charge in [-0.15, -0.1) is 11.8 Å². The highest BCUT2D eigenvalue weighted by Gasteiger charge is 2.27. The standard InChI is InChI=1S/C13H17BrN2S/c14-11-8-12(16-13(15-11)9-6-7-9)17-10-4-2-1-3-5-10/h8-10H,1-7H2. The zero-order valence-corrected chi connectivity index (χ0v) is 12.3. The molecule has 0 radical (unpaired) electrons. The van der Waals surface area contributed by atoms with E-state index in [1.165, 1.54) is 50.0 Å². The van der Waals surface area contributed by atoms with Crippen LogP contribution in [0.1, 0.15) is 56.7 Å². The van der Waals surface area contributed by atoms with E-state index in [4.69, 9.17) is 4.98 Å². The molecule has 0 amide bonds. The second-order valence-electron chi connectivity index (χ2n) is 5.04. The number of hydrogen-bond donors (Lipinski definition) is 0. The van der Waals surface area contributed by atoms with Crippen LogP contribution in [0.25, 0.3) is 0 Å². The summed E-state index contributed by atoms with van der Waals surface area (Å²) in [4.78, 5) is 9.19. The highest BCUT2D eigenvalue weighted by Crippen LogP contribution is 2.40. The van der Waals surface area contributed by atoms with E-state index >= 15 is 0 Å². The Morgan fingerprint density at radius 2 is 1.82 bits per heavy atom. The molecule has 17 heavy (non-hydrogen) atoms. The fraction of sp³-hybridized carbons (Fsp3) is 0.692. The smallest absolute Gasteiger partial charge is 0.134 e. The summed E-state index contributed by atoms with van der Waals surface area (Å²) in [6.07, 6.45) is 9.43. The third kappa shape index (κ3) is 3.22. The SMILES string of the molecule is Brc1cc(SC2CCCCC2)nc(C2CC2)n1. The Kier molecular flexibility index (Phi) is 3.71. The van der Waals surface area contributed by atoms with Crippen LogP contribution in [0, 0.1) is 0 Å². The van der Waals surface area contributed by atoms with Gasteiger partial charge < -0.3 is 0 Å². The van der Waals surface area contributed by atoms with Gasteiger partial charge in [-0.1, -0.05) is 19.3 Å². The topological polar surface area (TPSA) is 25.8 Å². The van der Waals surface area contributed by atoms with Crippen molar-refractivity contribution in [2.75, 3.05) is 0 Å². The first-order valence-electron chi connectivity index (χ1n) is 6.52. The molecule has 2 fully saturated rings. The maximum absolute atomic E-state index is 4.71. The van der Waals surface area contributed by atoms with Crippen molar-refractivity contribution in [3.8, 4) is 0 Å². The molecule has 0 saturated heterocycles. The zero-order valence-electron chi connectivity index (χ0n) is 9.86. The molecule has 0 N–H and O–H groups in total. The quantitative estimate of drug-likeness (QED) is 0.766. The molecule has 2 aliphatic carbocycles. The Morgan fingerprint density at radius 1 is 1.06 bits per heavy atom. The van der Waals surface area contributed by atoms with Crippen molar-refractivity contribution in [3.63, 3.8) is 0 Å². The van der Waals surface area contributed by atoms with Crippen LogP contribution >= 0.6 is 27.7 Å². The summed E-state index contributed by atoms with van der Waals surface area (Å²) in [5, 5.41) is 1.94. The van der Waals surface area contributed by atoms with E-state index in [1.807, 2.05) is 11.8 Å². The molecule has 2 saturated carbocycles. The lowest BCUT2D eigenvalue weighted by atomic mass is 10.0. The van der Waals surface area contributed by atoms with Crippen LogP contribution in [0.4, 0.5) is 0 Å². The van der Waals surface area contributed by atoms with Gasteiger partial charge in [0.1, 0.15) is 15.5 Å². The van der Waals surface area contributed by atoms with Crippen LogP contribution in [0.2, 0.25) is 0 Å². The van der Waals surface area contributed by atoms with E-state index in [9.17, 15) is 0 Å². The largest absolute Gasteiger partial charge is 0.226 e. The minimum Gasteiger partial charge on any atom is -0.226 e. The number of nitrogens with zero attached hydrogens (tertiary/aromatic N) is 2. The van der Waals surface area contributed by atoms with Crippen LogP contribution in [0.5, 0.6) is 0 Å². The summed E-state index contributed by atoms with van der Waals surface area (Å²) in [7, 11) is 0.